The lowest BCUT2D eigenvalue weighted by molar-refractivity contribution is 0.0205. The molecule has 2 fully saturated rings. The number of nitrogens with one attached hydrogen (secondary N) is 1. The molecule has 0 radical (unpaired) electrons. The van der Waals surface area contributed by atoms with Gasteiger partial charge in [-0.2, -0.15) is 0 Å². The number of amides is 1. The van der Waals surface area contributed by atoms with E-state index in [2.05, 4.69) is 18.8 Å². The van der Waals surface area contributed by atoms with Crippen molar-refractivity contribution in [1.82, 2.24) is 10.2 Å². The third kappa shape index (κ3) is 4.00. The van der Waals surface area contributed by atoms with Gasteiger partial charge >= 0.3 is 6.09 Å². The normalized spacial score (nSPS) is 28.0. The Morgan fingerprint density at radius 3 is 2.71 bits per heavy atom. The average Bonchev–Trinajstić information content (AvgIpc) is 2.93. The van der Waals surface area contributed by atoms with Gasteiger partial charge in [-0.15, -0.1) is 0 Å². The molecule has 2 heterocycles. The summed E-state index contributed by atoms with van der Waals surface area (Å²) in [6.45, 7) is 13.8. The van der Waals surface area contributed by atoms with Crippen LogP contribution in [0, 0.1) is 5.92 Å². The van der Waals surface area contributed by atoms with Crippen LogP contribution in [0.4, 0.5) is 4.79 Å². The summed E-state index contributed by atoms with van der Waals surface area (Å²) in [6, 6.07) is 0.735. The number of ether oxygens (including phenoxy) is 1. The van der Waals surface area contributed by atoms with Gasteiger partial charge in [0.25, 0.3) is 0 Å². The Bertz CT molecular complexity index is 400. The number of carbonyl (C=O) groups excluding carboxylic acids is 1. The summed E-state index contributed by atoms with van der Waals surface area (Å²) in [5.41, 5.74) is 0.827. The average molecular weight is 294 g/mol. The topological polar surface area (TPSA) is 41.6 Å². The van der Waals surface area contributed by atoms with Gasteiger partial charge in [0.15, 0.2) is 0 Å². The molecule has 1 amide bonds. The molecule has 0 aromatic rings. The summed E-state index contributed by atoms with van der Waals surface area (Å²) < 4.78 is 5.56. The maximum absolute atomic E-state index is 12.4. The van der Waals surface area contributed by atoms with Crippen molar-refractivity contribution in [3.63, 3.8) is 0 Å². The predicted octanol–water partition coefficient (Wildman–Crippen LogP) is 3.33. The molecule has 2 aliphatic heterocycles. The number of fused-ring (bicyclic) bond motifs is 2. The maximum Gasteiger partial charge on any atom is 0.410 e. The van der Waals surface area contributed by atoms with Gasteiger partial charge in [-0.3, -0.25) is 0 Å². The largest absolute Gasteiger partial charge is 0.444 e. The minimum absolute atomic E-state index is 0.129. The minimum atomic E-state index is -0.411. The SMILES string of the molecule is C=C(CC)CNCC1CC2CCC1N2C(=O)OC(C)(C)C. The highest BCUT2D eigenvalue weighted by Crippen LogP contribution is 2.42. The van der Waals surface area contributed by atoms with Crippen LogP contribution in [0.3, 0.4) is 0 Å². The van der Waals surface area contributed by atoms with Crippen LogP contribution < -0.4 is 5.32 Å². The molecule has 4 heteroatoms. The third-order valence-electron chi connectivity index (χ3n) is 4.55. The molecular formula is C17H30N2O2. The Hall–Kier alpha value is -1.03. The minimum Gasteiger partial charge on any atom is -0.444 e. The Labute approximate surface area is 128 Å². The fourth-order valence-corrected chi connectivity index (χ4v) is 3.49. The first-order chi connectivity index (χ1) is 9.81. The van der Waals surface area contributed by atoms with E-state index in [0.717, 1.165) is 38.8 Å². The quantitative estimate of drug-likeness (QED) is 0.791. The highest BCUT2D eigenvalue weighted by Gasteiger charge is 2.49. The van der Waals surface area contributed by atoms with Crippen LogP contribution in [0.2, 0.25) is 0 Å². The molecule has 2 saturated heterocycles. The van der Waals surface area contributed by atoms with E-state index in [0.29, 0.717) is 18.0 Å². The monoisotopic (exact) mass is 294 g/mol. The second-order valence-corrected chi connectivity index (χ2v) is 7.42. The molecule has 120 valence electrons. The van der Waals surface area contributed by atoms with Crippen LogP contribution in [0.15, 0.2) is 12.2 Å². The number of rotatable bonds is 5. The summed E-state index contributed by atoms with van der Waals surface area (Å²) >= 11 is 0. The van der Waals surface area contributed by atoms with E-state index in [1.807, 2.05) is 25.7 Å². The summed E-state index contributed by atoms with van der Waals surface area (Å²) in [7, 11) is 0. The van der Waals surface area contributed by atoms with Crippen LogP contribution in [0.5, 0.6) is 0 Å². The van der Waals surface area contributed by atoms with Crippen LogP contribution in [0.1, 0.15) is 53.4 Å². The summed E-state index contributed by atoms with van der Waals surface area (Å²) in [6.07, 6.45) is 4.24. The molecule has 21 heavy (non-hydrogen) atoms. The van der Waals surface area contributed by atoms with Crippen molar-refractivity contribution in [2.24, 2.45) is 5.92 Å². The molecule has 4 nitrogen and oxygen atoms in total. The van der Waals surface area contributed by atoms with E-state index < -0.39 is 5.60 Å². The van der Waals surface area contributed by atoms with Gasteiger partial charge in [0.2, 0.25) is 0 Å². The van der Waals surface area contributed by atoms with E-state index in [1.54, 1.807) is 0 Å². The highest BCUT2D eigenvalue weighted by atomic mass is 16.6. The van der Waals surface area contributed by atoms with Crippen LogP contribution in [0.25, 0.3) is 0 Å². The van der Waals surface area contributed by atoms with E-state index >= 15 is 0 Å². The fraction of sp³-hybridized carbons (Fsp3) is 0.824. The zero-order valence-corrected chi connectivity index (χ0v) is 13.9. The molecule has 2 bridgehead atoms. The van der Waals surface area contributed by atoms with E-state index in [9.17, 15) is 4.79 Å². The van der Waals surface area contributed by atoms with Gasteiger partial charge in [0.1, 0.15) is 5.60 Å². The second kappa shape index (κ2) is 6.39. The van der Waals surface area contributed by atoms with Crippen molar-refractivity contribution in [3.8, 4) is 0 Å². The Kier molecular flexibility index (Phi) is 4.97. The van der Waals surface area contributed by atoms with Crippen LogP contribution in [-0.4, -0.2) is 41.8 Å². The Morgan fingerprint density at radius 2 is 2.10 bits per heavy atom. The maximum atomic E-state index is 12.4. The summed E-state index contributed by atoms with van der Waals surface area (Å²) in [4.78, 5) is 14.4. The third-order valence-corrected chi connectivity index (χ3v) is 4.55. The van der Waals surface area contributed by atoms with Gasteiger partial charge in [-0.1, -0.05) is 19.1 Å². The standard InChI is InChI=1S/C17H30N2O2/c1-6-12(2)10-18-11-13-9-14-7-8-15(13)19(14)16(20)21-17(3,4)5/h13-15,18H,2,6-11H2,1,3-5H3. The van der Waals surface area contributed by atoms with Gasteiger partial charge in [-0.05, 0) is 52.4 Å². The van der Waals surface area contributed by atoms with E-state index in [4.69, 9.17) is 4.74 Å². The highest BCUT2D eigenvalue weighted by molar-refractivity contribution is 5.70. The lowest BCUT2D eigenvalue weighted by atomic mass is 9.89. The molecule has 2 aliphatic rings. The number of nitrogens with zero attached hydrogens (tertiary/aromatic N) is 1. The molecule has 0 saturated carbocycles. The fourth-order valence-electron chi connectivity index (χ4n) is 3.49. The van der Waals surface area contributed by atoms with Crippen molar-refractivity contribution in [1.29, 1.82) is 0 Å². The molecule has 0 aromatic heterocycles. The van der Waals surface area contributed by atoms with E-state index in [-0.39, 0.29) is 6.09 Å². The van der Waals surface area contributed by atoms with E-state index in [1.165, 1.54) is 5.57 Å². The zero-order chi connectivity index (χ0) is 15.6. The first kappa shape index (κ1) is 16.3. The first-order valence-corrected chi connectivity index (χ1v) is 8.20. The van der Waals surface area contributed by atoms with Crippen molar-refractivity contribution in [2.45, 2.75) is 71.1 Å². The molecule has 0 aliphatic carbocycles. The molecule has 1 N–H and O–H groups in total. The Morgan fingerprint density at radius 1 is 1.38 bits per heavy atom. The zero-order valence-electron chi connectivity index (χ0n) is 13.9. The van der Waals surface area contributed by atoms with Crippen LogP contribution in [-0.2, 0) is 4.74 Å². The molecule has 0 spiro atoms. The molecule has 0 aromatic carbocycles. The van der Waals surface area contributed by atoms with Gasteiger partial charge in [0, 0.05) is 25.2 Å². The Balaban J connectivity index is 1.87. The smallest absolute Gasteiger partial charge is 0.410 e. The lowest BCUT2D eigenvalue weighted by Crippen LogP contribution is -2.41. The number of hydrogen-bond acceptors (Lipinski definition) is 3. The summed E-state index contributed by atoms with van der Waals surface area (Å²) in [5.74, 6) is 0.556. The van der Waals surface area contributed by atoms with Crippen molar-refractivity contribution in [3.05, 3.63) is 12.2 Å². The first-order valence-electron chi connectivity index (χ1n) is 8.20. The van der Waals surface area contributed by atoms with Gasteiger partial charge < -0.3 is 15.0 Å². The molecule has 3 unspecified atom stereocenters. The van der Waals surface area contributed by atoms with Gasteiger partial charge in [-0.25, -0.2) is 4.79 Å². The molecule has 3 atom stereocenters. The predicted molar refractivity (Wildman–Crippen MR) is 85.3 cm³/mol. The second-order valence-electron chi connectivity index (χ2n) is 7.42. The van der Waals surface area contributed by atoms with Gasteiger partial charge in [0.05, 0.1) is 0 Å². The molecule has 2 rings (SSSR count). The number of hydrogen-bond donors (Lipinski definition) is 1. The van der Waals surface area contributed by atoms with Crippen molar-refractivity contribution >= 4 is 6.09 Å². The molecular weight excluding hydrogens is 264 g/mol. The number of carbonyl (C=O) groups is 1. The summed E-state index contributed by atoms with van der Waals surface area (Å²) in [5, 5.41) is 3.49. The van der Waals surface area contributed by atoms with Crippen molar-refractivity contribution < 1.29 is 9.53 Å². The lowest BCUT2D eigenvalue weighted by Gasteiger charge is -2.28. The van der Waals surface area contributed by atoms with Crippen LogP contribution >= 0.6 is 0 Å². The van der Waals surface area contributed by atoms with Crippen molar-refractivity contribution in [2.75, 3.05) is 13.1 Å².